The minimum atomic E-state index is 0.640. The van der Waals surface area contributed by atoms with Gasteiger partial charge in [0.05, 0.1) is 21.8 Å². The second-order valence-electron chi connectivity index (χ2n) is 3.95. The highest BCUT2D eigenvalue weighted by Gasteiger charge is 2.04. The number of nitrogens with one attached hydrogen (secondary N) is 1. The predicted molar refractivity (Wildman–Crippen MR) is 79.1 cm³/mol. The normalized spacial score (nSPS) is 10.3. The third-order valence-electron chi connectivity index (χ3n) is 2.61. The average Bonchev–Trinajstić information content (AvgIpc) is 2.81. The second-order valence-corrected chi connectivity index (χ2v) is 5.41. The molecule has 3 aromatic rings. The average molecular weight is 286 g/mol. The summed E-state index contributed by atoms with van der Waals surface area (Å²) in [6.45, 7) is 0. The zero-order valence-electron chi connectivity index (χ0n) is 9.72. The number of thiazole rings is 1. The standard InChI is InChI=1S/C14H8ClN3S/c15-10-3-6-13-12(7-10)18-14(19-13)17-11-4-1-9(8-16)2-5-11/h1-7H,(H,17,18). The molecular formula is C14H8ClN3S. The van der Waals surface area contributed by atoms with Crippen molar-refractivity contribution in [3.63, 3.8) is 0 Å². The van der Waals surface area contributed by atoms with Gasteiger partial charge in [0.25, 0.3) is 0 Å². The molecular weight excluding hydrogens is 278 g/mol. The SMILES string of the molecule is N#Cc1ccc(Nc2nc3cc(Cl)ccc3s2)cc1. The van der Waals surface area contributed by atoms with E-state index in [2.05, 4.69) is 16.4 Å². The second kappa shape index (κ2) is 4.88. The summed E-state index contributed by atoms with van der Waals surface area (Å²) in [5.74, 6) is 0. The van der Waals surface area contributed by atoms with Gasteiger partial charge >= 0.3 is 0 Å². The first-order valence-corrected chi connectivity index (χ1v) is 6.77. The van der Waals surface area contributed by atoms with Gasteiger partial charge in [0, 0.05) is 10.7 Å². The van der Waals surface area contributed by atoms with Crippen LogP contribution in [0.4, 0.5) is 10.8 Å². The van der Waals surface area contributed by atoms with Gasteiger partial charge in [-0.15, -0.1) is 0 Å². The van der Waals surface area contributed by atoms with Gasteiger partial charge in [0.2, 0.25) is 0 Å². The highest BCUT2D eigenvalue weighted by Crippen LogP contribution is 2.29. The van der Waals surface area contributed by atoms with E-state index in [9.17, 15) is 0 Å². The molecule has 19 heavy (non-hydrogen) atoms. The monoisotopic (exact) mass is 285 g/mol. The van der Waals surface area contributed by atoms with Gasteiger partial charge in [-0.3, -0.25) is 0 Å². The maximum atomic E-state index is 8.75. The molecule has 3 nitrogen and oxygen atoms in total. The fourth-order valence-electron chi connectivity index (χ4n) is 1.71. The molecule has 0 spiro atoms. The Morgan fingerprint density at radius 3 is 2.68 bits per heavy atom. The summed E-state index contributed by atoms with van der Waals surface area (Å²) in [6, 6.07) is 15.0. The molecule has 0 atom stereocenters. The summed E-state index contributed by atoms with van der Waals surface area (Å²) in [4.78, 5) is 4.47. The lowest BCUT2D eigenvalue weighted by molar-refractivity contribution is 1.43. The van der Waals surface area contributed by atoms with E-state index in [-0.39, 0.29) is 0 Å². The number of hydrogen-bond donors (Lipinski definition) is 1. The van der Waals surface area contributed by atoms with Crippen LogP contribution in [-0.2, 0) is 0 Å². The van der Waals surface area contributed by atoms with E-state index in [1.54, 1.807) is 23.5 Å². The maximum absolute atomic E-state index is 8.75. The van der Waals surface area contributed by atoms with Crippen LogP contribution in [0, 0.1) is 11.3 Å². The van der Waals surface area contributed by atoms with Crippen molar-refractivity contribution in [1.29, 1.82) is 5.26 Å². The Bertz CT molecular complexity index is 771. The molecule has 0 saturated heterocycles. The number of nitriles is 1. The summed E-state index contributed by atoms with van der Waals surface area (Å²) in [6.07, 6.45) is 0. The summed E-state index contributed by atoms with van der Waals surface area (Å²) >= 11 is 7.50. The number of halogens is 1. The molecule has 0 amide bonds. The van der Waals surface area contributed by atoms with E-state index in [1.807, 2.05) is 30.3 Å². The molecule has 0 bridgehead atoms. The molecule has 2 aromatic carbocycles. The van der Waals surface area contributed by atoms with E-state index in [0.717, 1.165) is 21.0 Å². The van der Waals surface area contributed by atoms with Crippen molar-refractivity contribution in [1.82, 2.24) is 4.98 Å². The van der Waals surface area contributed by atoms with Crippen molar-refractivity contribution in [2.24, 2.45) is 0 Å². The third-order valence-corrected chi connectivity index (χ3v) is 3.80. The van der Waals surface area contributed by atoms with Crippen molar-refractivity contribution >= 4 is 44.0 Å². The summed E-state index contributed by atoms with van der Waals surface area (Å²) in [5, 5.41) is 13.5. The third kappa shape index (κ3) is 2.53. The highest BCUT2D eigenvalue weighted by atomic mass is 35.5. The molecule has 1 N–H and O–H groups in total. The maximum Gasteiger partial charge on any atom is 0.188 e. The first-order valence-electron chi connectivity index (χ1n) is 5.58. The van der Waals surface area contributed by atoms with Crippen molar-refractivity contribution in [2.75, 3.05) is 5.32 Å². The molecule has 92 valence electrons. The van der Waals surface area contributed by atoms with Crippen LogP contribution in [0.3, 0.4) is 0 Å². The van der Waals surface area contributed by atoms with Gasteiger partial charge in [0.1, 0.15) is 0 Å². The first-order chi connectivity index (χ1) is 9.24. The number of aromatic nitrogens is 1. The lowest BCUT2D eigenvalue weighted by Gasteiger charge is -2.01. The molecule has 0 fully saturated rings. The Labute approximate surface area is 119 Å². The minimum Gasteiger partial charge on any atom is -0.332 e. The molecule has 0 radical (unpaired) electrons. The molecule has 0 saturated carbocycles. The molecule has 5 heteroatoms. The van der Waals surface area contributed by atoms with Gasteiger partial charge < -0.3 is 5.32 Å². The van der Waals surface area contributed by atoms with Gasteiger partial charge in [0.15, 0.2) is 5.13 Å². The Kier molecular flexibility index (Phi) is 3.08. The molecule has 0 aliphatic heterocycles. The molecule has 1 heterocycles. The minimum absolute atomic E-state index is 0.640. The number of anilines is 2. The van der Waals surface area contributed by atoms with Crippen LogP contribution in [0.25, 0.3) is 10.2 Å². The van der Waals surface area contributed by atoms with Crippen molar-refractivity contribution in [3.05, 3.63) is 53.1 Å². The van der Waals surface area contributed by atoms with Crippen LogP contribution in [0.2, 0.25) is 5.02 Å². The van der Waals surface area contributed by atoms with Crippen LogP contribution in [-0.4, -0.2) is 4.98 Å². The van der Waals surface area contributed by atoms with E-state index in [1.165, 1.54) is 0 Å². The zero-order chi connectivity index (χ0) is 13.2. The van der Waals surface area contributed by atoms with Crippen LogP contribution < -0.4 is 5.32 Å². The fourth-order valence-corrected chi connectivity index (χ4v) is 2.74. The lowest BCUT2D eigenvalue weighted by Crippen LogP contribution is -1.88. The Morgan fingerprint density at radius 2 is 1.95 bits per heavy atom. The Balaban J connectivity index is 1.90. The number of fused-ring (bicyclic) bond motifs is 1. The molecule has 0 aliphatic carbocycles. The summed E-state index contributed by atoms with van der Waals surface area (Å²) in [7, 11) is 0. The van der Waals surface area contributed by atoms with Crippen LogP contribution in [0.1, 0.15) is 5.56 Å². The lowest BCUT2D eigenvalue weighted by atomic mass is 10.2. The van der Waals surface area contributed by atoms with Crippen molar-refractivity contribution in [3.8, 4) is 6.07 Å². The smallest absolute Gasteiger partial charge is 0.188 e. The number of nitrogens with zero attached hydrogens (tertiary/aromatic N) is 2. The predicted octanol–water partition coefficient (Wildman–Crippen LogP) is 4.56. The largest absolute Gasteiger partial charge is 0.332 e. The summed E-state index contributed by atoms with van der Waals surface area (Å²) < 4.78 is 1.08. The number of benzene rings is 2. The number of rotatable bonds is 2. The first kappa shape index (κ1) is 12.0. The van der Waals surface area contributed by atoms with Gasteiger partial charge in [-0.2, -0.15) is 5.26 Å². The van der Waals surface area contributed by atoms with Crippen LogP contribution in [0.15, 0.2) is 42.5 Å². The molecule has 0 aliphatic rings. The van der Waals surface area contributed by atoms with Crippen molar-refractivity contribution < 1.29 is 0 Å². The molecule has 3 rings (SSSR count). The van der Waals surface area contributed by atoms with E-state index >= 15 is 0 Å². The Hall–Kier alpha value is -2.09. The van der Waals surface area contributed by atoms with Gasteiger partial charge in [-0.25, -0.2) is 4.98 Å². The topological polar surface area (TPSA) is 48.7 Å². The van der Waals surface area contributed by atoms with Gasteiger partial charge in [-0.1, -0.05) is 22.9 Å². The molecule has 1 aromatic heterocycles. The molecule has 0 unspecified atom stereocenters. The van der Waals surface area contributed by atoms with Crippen LogP contribution >= 0.6 is 22.9 Å². The quantitative estimate of drug-likeness (QED) is 0.750. The van der Waals surface area contributed by atoms with E-state index < -0.39 is 0 Å². The van der Waals surface area contributed by atoms with Gasteiger partial charge in [-0.05, 0) is 42.5 Å². The van der Waals surface area contributed by atoms with E-state index in [0.29, 0.717) is 10.6 Å². The van der Waals surface area contributed by atoms with Crippen molar-refractivity contribution in [2.45, 2.75) is 0 Å². The fraction of sp³-hybridized carbons (Fsp3) is 0. The number of hydrogen-bond acceptors (Lipinski definition) is 4. The van der Waals surface area contributed by atoms with Crippen LogP contribution in [0.5, 0.6) is 0 Å². The zero-order valence-corrected chi connectivity index (χ0v) is 11.3. The Morgan fingerprint density at radius 1 is 1.16 bits per heavy atom. The highest BCUT2D eigenvalue weighted by molar-refractivity contribution is 7.22. The summed E-state index contributed by atoms with van der Waals surface area (Å²) in [5.41, 5.74) is 2.43. The van der Waals surface area contributed by atoms with E-state index in [4.69, 9.17) is 16.9 Å².